The van der Waals surface area contributed by atoms with Crippen molar-refractivity contribution in [1.82, 2.24) is 0 Å². The molecule has 1 heterocycles. The summed E-state index contributed by atoms with van der Waals surface area (Å²) in [5, 5.41) is 21.6. The third-order valence-electron chi connectivity index (χ3n) is 7.34. The molecule has 1 aliphatic heterocycles. The van der Waals surface area contributed by atoms with Crippen molar-refractivity contribution in [3.63, 3.8) is 0 Å². The van der Waals surface area contributed by atoms with Crippen LogP contribution < -0.4 is 9.84 Å². The third kappa shape index (κ3) is 5.24. The average molecular weight is 493 g/mol. The lowest BCUT2D eigenvalue weighted by molar-refractivity contribution is -0.899. The van der Waals surface area contributed by atoms with Gasteiger partial charge in [-0.2, -0.15) is 0 Å². The van der Waals surface area contributed by atoms with Gasteiger partial charge in [0.05, 0.1) is 39.2 Å². The quantitative estimate of drug-likeness (QED) is 0.141. The molecule has 0 spiro atoms. The summed E-state index contributed by atoms with van der Waals surface area (Å²) in [6, 6.07) is 24.8. The molecule has 1 saturated heterocycles. The summed E-state index contributed by atoms with van der Waals surface area (Å²) in [5.74, 6) is 0.331. The molecule has 0 aromatic heterocycles. The Balaban J connectivity index is 1.48. The maximum absolute atomic E-state index is 14.0. The fourth-order valence-corrected chi connectivity index (χ4v) is 6.46. The summed E-state index contributed by atoms with van der Waals surface area (Å²) in [4.78, 5) is 0.900. The van der Waals surface area contributed by atoms with Crippen molar-refractivity contribution in [2.24, 2.45) is 5.92 Å². The molecule has 0 bridgehead atoms. The Morgan fingerprint density at radius 1 is 1.09 bits per heavy atom. The summed E-state index contributed by atoms with van der Waals surface area (Å²) in [5.41, 5.74) is 0.844. The van der Waals surface area contributed by atoms with Gasteiger partial charge in [0, 0.05) is 29.4 Å². The number of nitrogens with zero attached hydrogens (tertiary/aromatic N) is 1. The van der Waals surface area contributed by atoms with E-state index in [-0.39, 0.29) is 17.5 Å². The van der Waals surface area contributed by atoms with E-state index in [1.807, 2.05) is 66.7 Å². The van der Waals surface area contributed by atoms with Gasteiger partial charge < -0.3 is 19.7 Å². The van der Waals surface area contributed by atoms with Crippen LogP contribution in [0.25, 0.3) is 0 Å². The second-order valence-electron chi connectivity index (χ2n) is 9.60. The molecule has 0 radical (unpaired) electrons. The first-order chi connectivity index (χ1) is 16.9. The van der Waals surface area contributed by atoms with E-state index >= 15 is 0 Å². The number of benzene rings is 3. The van der Waals surface area contributed by atoms with E-state index in [1.54, 1.807) is 17.8 Å². The normalized spacial score (nSPS) is 20.0. The van der Waals surface area contributed by atoms with Gasteiger partial charge in [0.25, 0.3) is 0 Å². The van der Waals surface area contributed by atoms with Crippen LogP contribution in [-0.2, 0) is 5.41 Å². The molecule has 0 amide bonds. The number of ether oxygens (including phenoxy) is 1. The van der Waals surface area contributed by atoms with Crippen LogP contribution in [0.2, 0.25) is 0 Å². The lowest BCUT2D eigenvalue weighted by atomic mass is 9.65. The predicted molar refractivity (Wildman–Crippen MR) is 139 cm³/mol. The first kappa shape index (κ1) is 25.3. The standard InChI is InChI=1S/C29H33FN2O2S/c1-32(17-9-19-35-25-14-15-27(34-2)26(30)20-25)18-16-24(21-32)29(28(31)33,22-10-5-3-6-11-22)23-12-7-4-8-13-23/h3-8,10-15,20,24H,9,16-19,21H2,1-2H3,(H-,31,33). The fourth-order valence-electron chi connectivity index (χ4n) is 5.60. The second kappa shape index (κ2) is 10.8. The Hall–Kier alpha value is -2.83. The summed E-state index contributed by atoms with van der Waals surface area (Å²) >= 11 is 1.65. The Labute approximate surface area is 211 Å². The smallest absolute Gasteiger partial charge is 0.166 e. The SMILES string of the molecule is COc1ccc(SCCC[N+]2(C)CCC(C(C(=N)[O-])(c3ccccc3)c3ccccc3)C2)cc1F. The molecule has 184 valence electrons. The molecule has 0 saturated carbocycles. The van der Waals surface area contributed by atoms with Crippen LogP contribution >= 0.6 is 11.8 Å². The maximum Gasteiger partial charge on any atom is 0.166 e. The van der Waals surface area contributed by atoms with E-state index in [0.29, 0.717) is 0 Å². The third-order valence-corrected chi connectivity index (χ3v) is 8.42. The molecule has 0 aliphatic carbocycles. The van der Waals surface area contributed by atoms with E-state index in [2.05, 4.69) is 7.05 Å². The van der Waals surface area contributed by atoms with Crippen molar-refractivity contribution in [1.29, 1.82) is 5.41 Å². The minimum absolute atomic E-state index is 0.0469. The number of rotatable bonds is 10. The molecule has 4 rings (SSSR count). The van der Waals surface area contributed by atoms with Crippen molar-refractivity contribution in [2.75, 3.05) is 39.5 Å². The molecule has 6 heteroatoms. The summed E-state index contributed by atoms with van der Waals surface area (Å²) in [6.45, 7) is 2.80. The molecule has 1 aliphatic rings. The zero-order valence-corrected chi connectivity index (χ0v) is 21.2. The Kier molecular flexibility index (Phi) is 7.82. The van der Waals surface area contributed by atoms with Gasteiger partial charge >= 0.3 is 0 Å². The summed E-state index contributed by atoms with van der Waals surface area (Å²) in [7, 11) is 3.73. The summed E-state index contributed by atoms with van der Waals surface area (Å²) in [6.07, 6.45) is 1.88. The first-order valence-corrected chi connectivity index (χ1v) is 13.0. The number of quaternary nitrogens is 1. The van der Waals surface area contributed by atoms with E-state index in [1.165, 1.54) is 13.2 Å². The van der Waals surface area contributed by atoms with Gasteiger partial charge in [-0.1, -0.05) is 60.7 Å². The maximum atomic E-state index is 14.0. The topological polar surface area (TPSA) is 56.1 Å². The highest BCUT2D eigenvalue weighted by Gasteiger charge is 2.49. The van der Waals surface area contributed by atoms with Gasteiger partial charge in [-0.25, -0.2) is 4.39 Å². The fraction of sp³-hybridized carbons (Fsp3) is 0.345. The Bertz CT molecular complexity index is 1100. The van der Waals surface area contributed by atoms with Crippen molar-refractivity contribution in [3.8, 4) is 5.75 Å². The van der Waals surface area contributed by atoms with Crippen LogP contribution in [0.5, 0.6) is 5.75 Å². The number of hydrogen-bond acceptors (Lipinski definition) is 4. The molecule has 4 nitrogen and oxygen atoms in total. The van der Waals surface area contributed by atoms with Crippen LogP contribution in [0.3, 0.4) is 0 Å². The summed E-state index contributed by atoms with van der Waals surface area (Å²) < 4.78 is 19.9. The van der Waals surface area contributed by atoms with Crippen LogP contribution in [0.1, 0.15) is 24.0 Å². The van der Waals surface area contributed by atoms with Crippen LogP contribution in [0, 0.1) is 17.1 Å². The predicted octanol–water partition coefficient (Wildman–Crippen LogP) is 5.11. The van der Waals surface area contributed by atoms with Gasteiger partial charge in [0.15, 0.2) is 11.6 Å². The number of methoxy groups -OCH3 is 1. The largest absolute Gasteiger partial charge is 0.861 e. The highest BCUT2D eigenvalue weighted by molar-refractivity contribution is 7.99. The van der Waals surface area contributed by atoms with Crippen LogP contribution in [0.4, 0.5) is 4.39 Å². The van der Waals surface area contributed by atoms with Crippen LogP contribution in [0.15, 0.2) is 83.8 Å². The van der Waals surface area contributed by atoms with Crippen molar-refractivity contribution >= 4 is 17.7 Å². The molecular weight excluding hydrogens is 459 g/mol. The number of halogens is 1. The van der Waals surface area contributed by atoms with Gasteiger partial charge in [-0.05, 0) is 35.2 Å². The van der Waals surface area contributed by atoms with Crippen molar-refractivity contribution < 1.29 is 18.7 Å². The van der Waals surface area contributed by atoms with Crippen LogP contribution in [-0.4, -0.2) is 49.9 Å². The molecule has 2 unspecified atom stereocenters. The Morgan fingerprint density at radius 2 is 1.71 bits per heavy atom. The minimum Gasteiger partial charge on any atom is -0.861 e. The van der Waals surface area contributed by atoms with Gasteiger partial charge in [-0.15, -0.1) is 11.8 Å². The minimum atomic E-state index is -0.964. The molecule has 3 aromatic carbocycles. The number of likely N-dealkylation sites (tertiary alicyclic amines) is 1. The molecule has 1 N–H and O–H groups in total. The Morgan fingerprint density at radius 3 is 2.26 bits per heavy atom. The van der Waals surface area contributed by atoms with E-state index in [4.69, 9.17) is 10.1 Å². The van der Waals surface area contributed by atoms with E-state index in [0.717, 1.165) is 58.7 Å². The molecule has 1 fully saturated rings. The van der Waals surface area contributed by atoms with E-state index in [9.17, 15) is 9.50 Å². The first-order valence-electron chi connectivity index (χ1n) is 12.1. The van der Waals surface area contributed by atoms with E-state index < -0.39 is 11.3 Å². The van der Waals surface area contributed by atoms with Gasteiger partial charge in [0.1, 0.15) is 0 Å². The molecule has 35 heavy (non-hydrogen) atoms. The second-order valence-corrected chi connectivity index (χ2v) is 10.8. The zero-order valence-electron chi connectivity index (χ0n) is 20.4. The molecule has 3 aromatic rings. The monoisotopic (exact) mass is 492 g/mol. The van der Waals surface area contributed by atoms with Crippen molar-refractivity contribution in [3.05, 3.63) is 95.8 Å². The molecule has 2 atom stereocenters. The molecular formula is C29H33FN2O2S. The lowest BCUT2D eigenvalue weighted by Crippen LogP contribution is -2.52. The highest BCUT2D eigenvalue weighted by Crippen LogP contribution is 2.45. The number of thioether (sulfide) groups is 1. The highest BCUT2D eigenvalue weighted by atomic mass is 32.2. The van der Waals surface area contributed by atoms with Gasteiger partial charge in [0.2, 0.25) is 0 Å². The van der Waals surface area contributed by atoms with Gasteiger partial charge in [-0.3, -0.25) is 0 Å². The number of nitrogens with one attached hydrogen (secondary N) is 1. The van der Waals surface area contributed by atoms with Crippen molar-refractivity contribution in [2.45, 2.75) is 23.2 Å². The number of hydrogen-bond donors (Lipinski definition) is 1. The lowest BCUT2D eigenvalue weighted by Gasteiger charge is -2.43. The average Bonchev–Trinajstić information content (AvgIpc) is 3.26. The zero-order chi connectivity index (χ0) is 24.9.